The molecule has 0 amide bonds. The minimum Gasteiger partial charge on any atom is -0.386 e. The number of aliphatic hydroxyl groups excluding tert-OH is 1. The van der Waals surface area contributed by atoms with Crippen molar-refractivity contribution in [2.24, 2.45) is 0 Å². The van der Waals surface area contributed by atoms with E-state index in [0.29, 0.717) is 12.0 Å². The molecule has 1 aromatic heterocycles. The molecule has 0 radical (unpaired) electrons. The molecule has 4 nitrogen and oxygen atoms in total. The Kier molecular flexibility index (Phi) is 3.30. The van der Waals surface area contributed by atoms with Crippen molar-refractivity contribution in [3.8, 4) is 6.07 Å². The third-order valence-electron chi connectivity index (χ3n) is 4.42. The van der Waals surface area contributed by atoms with E-state index in [1.165, 1.54) is 0 Å². The van der Waals surface area contributed by atoms with Gasteiger partial charge in [0.1, 0.15) is 11.5 Å². The van der Waals surface area contributed by atoms with E-state index in [2.05, 4.69) is 11.2 Å². The molecule has 1 N–H and O–H groups in total. The lowest BCUT2D eigenvalue weighted by Crippen LogP contribution is -2.29. The minimum atomic E-state index is -0.860. The third-order valence-corrected chi connectivity index (χ3v) is 4.42. The summed E-state index contributed by atoms with van der Waals surface area (Å²) in [5, 5.41) is 24.9. The predicted molar refractivity (Wildman–Crippen MR) is 79.6 cm³/mol. The van der Waals surface area contributed by atoms with Crippen molar-refractivity contribution >= 4 is 0 Å². The van der Waals surface area contributed by atoms with Crippen LogP contribution in [0, 0.1) is 11.3 Å². The lowest BCUT2D eigenvalue weighted by molar-refractivity contribution is 0.110. The van der Waals surface area contributed by atoms with Crippen LogP contribution in [0.15, 0.2) is 36.7 Å². The van der Waals surface area contributed by atoms with Crippen LogP contribution in [0.1, 0.15) is 49.1 Å². The van der Waals surface area contributed by atoms with Gasteiger partial charge in [-0.3, -0.25) is 4.68 Å². The van der Waals surface area contributed by atoms with Crippen LogP contribution in [0.5, 0.6) is 0 Å². The fraction of sp³-hybridized carbons (Fsp3) is 0.412. The van der Waals surface area contributed by atoms with Crippen LogP contribution in [-0.2, 0) is 11.8 Å². The topological polar surface area (TPSA) is 61.8 Å². The highest BCUT2D eigenvalue weighted by atomic mass is 16.3. The van der Waals surface area contributed by atoms with Gasteiger partial charge in [0.2, 0.25) is 0 Å². The van der Waals surface area contributed by atoms with Crippen molar-refractivity contribution in [1.29, 1.82) is 5.26 Å². The average Bonchev–Trinajstić information content (AvgIpc) is 3.12. The van der Waals surface area contributed by atoms with Crippen LogP contribution in [0.4, 0.5) is 0 Å². The molecule has 0 aliphatic heterocycles. The normalized spacial score (nSPS) is 22.0. The fourth-order valence-electron chi connectivity index (χ4n) is 3.16. The summed E-state index contributed by atoms with van der Waals surface area (Å²) in [6, 6.07) is 10.5. The molecule has 21 heavy (non-hydrogen) atoms. The summed E-state index contributed by atoms with van der Waals surface area (Å²) < 4.78 is 1.81. The molecule has 0 saturated carbocycles. The van der Waals surface area contributed by atoms with E-state index < -0.39 is 11.5 Å². The van der Waals surface area contributed by atoms with Crippen molar-refractivity contribution in [3.05, 3.63) is 53.3 Å². The molecule has 1 aliphatic carbocycles. The summed E-state index contributed by atoms with van der Waals surface area (Å²) in [5.74, 6) is 0. The molecule has 0 spiro atoms. The number of nitrogens with zero attached hydrogens (tertiary/aromatic N) is 3. The Morgan fingerprint density at radius 3 is 2.81 bits per heavy atom. The number of aromatic nitrogens is 2. The summed E-state index contributed by atoms with van der Waals surface area (Å²) >= 11 is 0. The zero-order valence-electron chi connectivity index (χ0n) is 12.3. The smallest absolute Gasteiger partial charge is 0.113 e. The molecule has 2 aromatic rings. The van der Waals surface area contributed by atoms with Gasteiger partial charge in [0.05, 0.1) is 12.3 Å². The molecule has 4 heteroatoms. The monoisotopic (exact) mass is 281 g/mol. The van der Waals surface area contributed by atoms with Crippen LogP contribution in [-0.4, -0.2) is 14.9 Å². The van der Waals surface area contributed by atoms with Crippen molar-refractivity contribution in [2.75, 3.05) is 0 Å². The van der Waals surface area contributed by atoms with Gasteiger partial charge in [0.25, 0.3) is 0 Å². The Bertz CT molecular complexity index is 698. The molecule has 2 atom stereocenters. The summed E-state index contributed by atoms with van der Waals surface area (Å²) in [6.45, 7) is 4.07. The van der Waals surface area contributed by atoms with Gasteiger partial charge >= 0.3 is 0 Å². The number of aryl methyl sites for hydroxylation is 1. The first-order valence-electron chi connectivity index (χ1n) is 7.30. The van der Waals surface area contributed by atoms with Gasteiger partial charge in [-0.2, -0.15) is 10.4 Å². The maximum Gasteiger partial charge on any atom is 0.113 e. The van der Waals surface area contributed by atoms with Crippen LogP contribution in [0.3, 0.4) is 0 Å². The number of aliphatic hydroxyl groups is 1. The molecule has 3 rings (SSSR count). The van der Waals surface area contributed by atoms with Gasteiger partial charge < -0.3 is 5.11 Å². The Labute approximate surface area is 124 Å². The Balaban J connectivity index is 2.03. The zero-order chi connectivity index (χ0) is 15.0. The fourth-order valence-corrected chi connectivity index (χ4v) is 3.16. The SMILES string of the molecule is CC(C)n1cc(C(O)C2(C#N)CCc3ccccc32)cn1. The summed E-state index contributed by atoms with van der Waals surface area (Å²) in [7, 11) is 0. The first-order chi connectivity index (χ1) is 10.1. The van der Waals surface area contributed by atoms with Gasteiger partial charge in [-0.05, 0) is 37.8 Å². The second-order valence-corrected chi connectivity index (χ2v) is 5.99. The summed E-state index contributed by atoms with van der Waals surface area (Å²) in [6.07, 6.45) is 4.15. The highest BCUT2D eigenvalue weighted by Crippen LogP contribution is 2.46. The number of fused-ring (bicyclic) bond motifs is 1. The third kappa shape index (κ3) is 2.05. The first kappa shape index (κ1) is 13.8. The number of hydrogen-bond acceptors (Lipinski definition) is 3. The molecule has 0 bridgehead atoms. The second kappa shape index (κ2) is 5.01. The molecular weight excluding hydrogens is 262 g/mol. The molecule has 2 unspecified atom stereocenters. The van der Waals surface area contributed by atoms with Crippen LogP contribution >= 0.6 is 0 Å². The van der Waals surface area contributed by atoms with Gasteiger partial charge in [0, 0.05) is 17.8 Å². The Hall–Kier alpha value is -2.12. The van der Waals surface area contributed by atoms with E-state index in [1.54, 1.807) is 6.20 Å². The van der Waals surface area contributed by atoms with E-state index in [9.17, 15) is 10.4 Å². The van der Waals surface area contributed by atoms with Crippen molar-refractivity contribution in [3.63, 3.8) is 0 Å². The highest BCUT2D eigenvalue weighted by molar-refractivity contribution is 5.46. The molecule has 1 aromatic carbocycles. The number of rotatable bonds is 3. The Morgan fingerprint density at radius 2 is 2.14 bits per heavy atom. The average molecular weight is 281 g/mol. The highest BCUT2D eigenvalue weighted by Gasteiger charge is 2.46. The van der Waals surface area contributed by atoms with Crippen molar-refractivity contribution in [1.82, 2.24) is 9.78 Å². The standard InChI is InChI=1S/C17H19N3O/c1-12(2)20-10-14(9-19-20)16(21)17(11-18)8-7-13-5-3-4-6-15(13)17/h3-6,9-10,12,16,21H,7-8H2,1-2H3. The van der Waals surface area contributed by atoms with E-state index in [1.807, 2.05) is 49.0 Å². The summed E-state index contributed by atoms with van der Waals surface area (Å²) in [4.78, 5) is 0. The number of hydrogen-bond donors (Lipinski definition) is 1. The van der Waals surface area contributed by atoms with E-state index in [0.717, 1.165) is 17.5 Å². The van der Waals surface area contributed by atoms with Gasteiger partial charge in [0.15, 0.2) is 0 Å². The van der Waals surface area contributed by atoms with Gasteiger partial charge in [-0.15, -0.1) is 0 Å². The van der Waals surface area contributed by atoms with E-state index in [4.69, 9.17) is 0 Å². The zero-order valence-corrected chi connectivity index (χ0v) is 12.3. The molecule has 0 fully saturated rings. The molecule has 108 valence electrons. The number of nitriles is 1. The molecular formula is C17H19N3O. The first-order valence-corrected chi connectivity index (χ1v) is 7.30. The second-order valence-electron chi connectivity index (χ2n) is 5.99. The van der Waals surface area contributed by atoms with E-state index >= 15 is 0 Å². The minimum absolute atomic E-state index is 0.236. The largest absolute Gasteiger partial charge is 0.386 e. The van der Waals surface area contributed by atoms with Crippen molar-refractivity contribution < 1.29 is 5.11 Å². The van der Waals surface area contributed by atoms with Gasteiger partial charge in [-0.25, -0.2) is 0 Å². The Morgan fingerprint density at radius 1 is 1.38 bits per heavy atom. The lowest BCUT2D eigenvalue weighted by Gasteiger charge is -2.27. The predicted octanol–water partition coefficient (Wildman–Crippen LogP) is 2.91. The number of benzene rings is 1. The van der Waals surface area contributed by atoms with E-state index in [-0.39, 0.29) is 6.04 Å². The molecule has 1 heterocycles. The summed E-state index contributed by atoms with van der Waals surface area (Å²) in [5.41, 5.74) is 1.97. The lowest BCUT2D eigenvalue weighted by atomic mass is 9.76. The van der Waals surface area contributed by atoms with Gasteiger partial charge in [-0.1, -0.05) is 24.3 Å². The van der Waals surface area contributed by atoms with Crippen LogP contribution in [0.25, 0.3) is 0 Å². The quantitative estimate of drug-likeness (QED) is 0.941. The van der Waals surface area contributed by atoms with Crippen molar-refractivity contribution in [2.45, 2.75) is 44.2 Å². The maximum absolute atomic E-state index is 10.8. The van der Waals surface area contributed by atoms with Crippen LogP contribution < -0.4 is 0 Å². The maximum atomic E-state index is 10.8. The van der Waals surface area contributed by atoms with Crippen LogP contribution in [0.2, 0.25) is 0 Å². The molecule has 1 aliphatic rings. The molecule has 0 saturated heterocycles.